The summed E-state index contributed by atoms with van der Waals surface area (Å²) in [5.74, 6) is -0.151. The fourth-order valence-corrected chi connectivity index (χ4v) is 3.02. The van der Waals surface area contributed by atoms with Crippen LogP contribution in [0.15, 0.2) is 4.47 Å². The van der Waals surface area contributed by atoms with Gasteiger partial charge in [-0.2, -0.15) is 5.10 Å². The van der Waals surface area contributed by atoms with Crippen molar-refractivity contribution in [3.8, 4) is 0 Å². The first-order valence-electron chi connectivity index (χ1n) is 6.58. The predicted octanol–water partition coefficient (Wildman–Crippen LogP) is 2.17. The van der Waals surface area contributed by atoms with Crippen LogP contribution in [0, 0.1) is 0 Å². The summed E-state index contributed by atoms with van der Waals surface area (Å²) < 4.78 is 2.65. The van der Waals surface area contributed by atoms with Crippen molar-refractivity contribution in [3.63, 3.8) is 0 Å². The average Bonchev–Trinajstić information content (AvgIpc) is 2.55. The van der Waals surface area contributed by atoms with Gasteiger partial charge in [0, 0.05) is 19.9 Å². The van der Waals surface area contributed by atoms with Gasteiger partial charge in [0.1, 0.15) is 0 Å². The maximum Gasteiger partial charge on any atom is 0.229 e. The van der Waals surface area contributed by atoms with Gasteiger partial charge in [-0.25, -0.2) is 0 Å². The molecule has 1 fully saturated rings. The molecule has 0 aromatic carbocycles. The van der Waals surface area contributed by atoms with Crippen LogP contribution in [0.5, 0.6) is 0 Å². The third-order valence-electron chi connectivity index (χ3n) is 3.44. The number of amides is 2. The summed E-state index contributed by atoms with van der Waals surface area (Å²) in [6.07, 6.45) is 3.34. The normalized spacial score (nSPS) is 16.9. The van der Waals surface area contributed by atoms with Crippen LogP contribution in [0.25, 0.3) is 0 Å². The molecular formula is C13H18BrN3O2. The van der Waals surface area contributed by atoms with Crippen molar-refractivity contribution in [1.82, 2.24) is 14.7 Å². The van der Waals surface area contributed by atoms with Crippen LogP contribution in [0.3, 0.4) is 0 Å². The van der Waals surface area contributed by atoms with Gasteiger partial charge in [0.15, 0.2) is 0 Å². The summed E-state index contributed by atoms with van der Waals surface area (Å²) >= 11 is 3.52. The first kappa shape index (κ1) is 14.2. The molecular weight excluding hydrogens is 310 g/mol. The lowest BCUT2D eigenvalue weighted by atomic mass is 10.2. The van der Waals surface area contributed by atoms with Crippen LogP contribution in [0.4, 0.5) is 0 Å². The number of hydrogen-bond acceptors (Lipinski definition) is 3. The van der Waals surface area contributed by atoms with Crippen molar-refractivity contribution in [2.45, 2.75) is 45.6 Å². The number of aromatic nitrogens is 2. The third kappa shape index (κ3) is 2.88. The molecule has 2 rings (SSSR count). The number of hydrogen-bond donors (Lipinski definition) is 0. The van der Waals surface area contributed by atoms with Crippen molar-refractivity contribution < 1.29 is 9.59 Å². The standard InChI is InChI=1S/C13H18BrN3O2/c1-3-9-13(14)10(16(2)15-9)8-17-11(18)6-4-5-7-12(17)19/h3-8H2,1-2H3. The zero-order chi connectivity index (χ0) is 14.0. The summed E-state index contributed by atoms with van der Waals surface area (Å²) in [5.41, 5.74) is 1.83. The molecule has 19 heavy (non-hydrogen) atoms. The van der Waals surface area contributed by atoms with Gasteiger partial charge in [0.25, 0.3) is 0 Å². The molecule has 2 amide bonds. The van der Waals surface area contributed by atoms with E-state index in [2.05, 4.69) is 21.0 Å². The average molecular weight is 328 g/mol. The molecule has 1 aliphatic heterocycles. The van der Waals surface area contributed by atoms with Gasteiger partial charge >= 0.3 is 0 Å². The Labute approximate surface area is 121 Å². The Morgan fingerprint density at radius 1 is 1.21 bits per heavy atom. The fourth-order valence-electron chi connectivity index (χ4n) is 2.28. The Bertz CT molecular complexity index is 492. The van der Waals surface area contributed by atoms with Crippen LogP contribution in [0.1, 0.15) is 44.0 Å². The van der Waals surface area contributed by atoms with Gasteiger partial charge in [-0.1, -0.05) is 6.92 Å². The first-order chi connectivity index (χ1) is 9.04. The predicted molar refractivity (Wildman–Crippen MR) is 74.3 cm³/mol. The molecule has 104 valence electrons. The largest absolute Gasteiger partial charge is 0.277 e. The molecule has 1 aromatic heterocycles. The summed E-state index contributed by atoms with van der Waals surface area (Å²) in [7, 11) is 1.84. The number of imide groups is 1. The Kier molecular flexibility index (Phi) is 4.39. The minimum atomic E-state index is -0.0753. The SMILES string of the molecule is CCc1nn(C)c(CN2C(=O)CCCCC2=O)c1Br. The van der Waals surface area contributed by atoms with Gasteiger partial charge in [0.2, 0.25) is 11.8 Å². The lowest BCUT2D eigenvalue weighted by molar-refractivity contribution is -0.144. The van der Waals surface area contributed by atoms with Gasteiger partial charge in [-0.05, 0) is 35.2 Å². The molecule has 2 heterocycles. The Morgan fingerprint density at radius 2 is 1.79 bits per heavy atom. The minimum absolute atomic E-state index is 0.0753. The zero-order valence-electron chi connectivity index (χ0n) is 11.3. The number of halogens is 1. The highest BCUT2D eigenvalue weighted by molar-refractivity contribution is 9.10. The Balaban J connectivity index is 2.26. The van der Waals surface area contributed by atoms with Crippen molar-refractivity contribution >= 4 is 27.7 Å². The second kappa shape index (κ2) is 5.86. The lowest BCUT2D eigenvalue weighted by Gasteiger charge is -2.18. The van der Waals surface area contributed by atoms with E-state index in [4.69, 9.17) is 0 Å². The fraction of sp³-hybridized carbons (Fsp3) is 0.615. The van der Waals surface area contributed by atoms with Gasteiger partial charge in [-0.15, -0.1) is 0 Å². The number of carbonyl (C=O) groups excluding carboxylic acids is 2. The Hall–Kier alpha value is -1.17. The highest BCUT2D eigenvalue weighted by Gasteiger charge is 2.26. The van der Waals surface area contributed by atoms with E-state index in [1.165, 1.54) is 4.90 Å². The van der Waals surface area contributed by atoms with E-state index in [0.29, 0.717) is 19.4 Å². The molecule has 0 atom stereocenters. The maximum absolute atomic E-state index is 12.0. The highest BCUT2D eigenvalue weighted by atomic mass is 79.9. The van der Waals surface area contributed by atoms with Gasteiger partial charge in [0.05, 0.1) is 22.4 Å². The van der Waals surface area contributed by atoms with Crippen molar-refractivity contribution in [2.75, 3.05) is 0 Å². The monoisotopic (exact) mass is 327 g/mol. The highest BCUT2D eigenvalue weighted by Crippen LogP contribution is 2.24. The third-order valence-corrected chi connectivity index (χ3v) is 4.36. The summed E-state index contributed by atoms with van der Waals surface area (Å²) in [6.45, 7) is 2.33. The van der Waals surface area contributed by atoms with E-state index in [1.807, 2.05) is 14.0 Å². The van der Waals surface area contributed by atoms with Gasteiger partial charge in [-0.3, -0.25) is 19.2 Å². The van der Waals surface area contributed by atoms with Crippen LogP contribution in [-0.4, -0.2) is 26.5 Å². The number of rotatable bonds is 3. The molecule has 0 radical (unpaired) electrons. The number of likely N-dealkylation sites (tertiary alicyclic amines) is 1. The first-order valence-corrected chi connectivity index (χ1v) is 7.37. The van der Waals surface area contributed by atoms with Crippen molar-refractivity contribution in [2.24, 2.45) is 7.05 Å². The number of nitrogens with zero attached hydrogens (tertiary/aromatic N) is 3. The number of carbonyl (C=O) groups is 2. The molecule has 5 nitrogen and oxygen atoms in total. The molecule has 0 saturated carbocycles. The zero-order valence-corrected chi connectivity index (χ0v) is 12.9. The van der Waals surface area contributed by atoms with Crippen molar-refractivity contribution in [1.29, 1.82) is 0 Å². The van der Waals surface area contributed by atoms with E-state index < -0.39 is 0 Å². The smallest absolute Gasteiger partial charge is 0.229 e. The minimum Gasteiger partial charge on any atom is -0.277 e. The molecule has 0 spiro atoms. The second-order valence-corrected chi connectivity index (χ2v) is 5.56. The molecule has 1 aromatic rings. The topological polar surface area (TPSA) is 55.2 Å². The van der Waals surface area contributed by atoms with Gasteiger partial charge < -0.3 is 0 Å². The summed E-state index contributed by atoms with van der Waals surface area (Å²) in [4.78, 5) is 25.3. The van der Waals surface area contributed by atoms with E-state index in [1.54, 1.807) is 4.68 Å². The van der Waals surface area contributed by atoms with Crippen LogP contribution in [-0.2, 0) is 29.6 Å². The van der Waals surface area contributed by atoms with Crippen LogP contribution < -0.4 is 0 Å². The van der Waals surface area contributed by atoms with E-state index in [9.17, 15) is 9.59 Å². The molecule has 0 bridgehead atoms. The molecule has 6 heteroatoms. The van der Waals surface area contributed by atoms with Crippen LogP contribution in [0.2, 0.25) is 0 Å². The quantitative estimate of drug-likeness (QED) is 0.799. The molecule has 0 N–H and O–H groups in total. The Morgan fingerprint density at radius 3 is 2.26 bits per heavy atom. The molecule has 1 aliphatic rings. The molecule has 0 aliphatic carbocycles. The van der Waals surface area contributed by atoms with E-state index >= 15 is 0 Å². The number of aryl methyl sites for hydroxylation is 2. The summed E-state index contributed by atoms with van der Waals surface area (Å²) in [6, 6.07) is 0. The maximum atomic E-state index is 12.0. The second-order valence-electron chi connectivity index (χ2n) is 4.77. The van der Waals surface area contributed by atoms with E-state index in [0.717, 1.165) is 35.1 Å². The van der Waals surface area contributed by atoms with E-state index in [-0.39, 0.29) is 11.8 Å². The lowest BCUT2D eigenvalue weighted by Crippen LogP contribution is -2.35. The molecule has 0 unspecified atom stereocenters. The van der Waals surface area contributed by atoms with Crippen molar-refractivity contribution in [3.05, 3.63) is 15.9 Å². The summed E-state index contributed by atoms with van der Waals surface area (Å²) in [5, 5.41) is 4.39. The molecule has 1 saturated heterocycles. The van der Waals surface area contributed by atoms with Crippen LogP contribution >= 0.6 is 15.9 Å².